The second-order valence-corrected chi connectivity index (χ2v) is 11.0. The summed E-state index contributed by atoms with van der Waals surface area (Å²) in [5.41, 5.74) is 5.44. The number of alkyl halides is 3. The molecule has 11 heteroatoms. The number of anilines is 2. The Hall–Kier alpha value is -3.86. The van der Waals surface area contributed by atoms with Gasteiger partial charge in [-0.15, -0.1) is 13.2 Å². The van der Waals surface area contributed by atoms with Gasteiger partial charge in [0, 0.05) is 72.7 Å². The van der Waals surface area contributed by atoms with Crippen molar-refractivity contribution in [2.24, 2.45) is 0 Å². The molecule has 1 fully saturated rings. The Morgan fingerprint density at radius 1 is 1.00 bits per heavy atom. The van der Waals surface area contributed by atoms with Crippen LogP contribution in [0.4, 0.5) is 24.5 Å². The number of nitrogens with one attached hydrogen (secondary N) is 2. The summed E-state index contributed by atoms with van der Waals surface area (Å²) in [6.07, 6.45) is 4.88. The normalized spacial score (nSPS) is 20.5. The number of rotatable bonds is 7. The molecule has 7 nitrogen and oxygen atoms in total. The van der Waals surface area contributed by atoms with Crippen LogP contribution in [-0.2, 0) is 11.3 Å². The number of halogens is 4. The van der Waals surface area contributed by atoms with Gasteiger partial charge in [0.15, 0.2) is 0 Å². The molecule has 0 radical (unpaired) electrons. The fraction of sp³-hybridized carbons (Fsp3) is 0.323. The first-order valence-corrected chi connectivity index (χ1v) is 14.7. The molecule has 0 bridgehead atoms. The first-order chi connectivity index (χ1) is 20.2. The molecule has 0 saturated carbocycles. The van der Waals surface area contributed by atoms with Crippen LogP contribution in [-0.4, -0.2) is 49.9 Å². The van der Waals surface area contributed by atoms with E-state index >= 15 is 0 Å². The Kier molecular flexibility index (Phi) is 9.15. The Bertz CT molecular complexity index is 1390. The molecule has 3 aliphatic heterocycles. The van der Waals surface area contributed by atoms with E-state index in [1.165, 1.54) is 12.1 Å². The van der Waals surface area contributed by atoms with E-state index in [1.807, 2.05) is 42.3 Å². The Morgan fingerprint density at radius 3 is 2.21 bits per heavy atom. The minimum absolute atomic E-state index is 0.138. The SMILES string of the molecule is CC/C1=C(\C(=O)NCc2ccc(N3CCN(c4ccc(OC(F)(F)F)cc4)CC3)cc2)N2C=CC(Br)=C/C2=C\CCN1. The number of benzene rings is 2. The van der Waals surface area contributed by atoms with Gasteiger partial charge in [-0.1, -0.05) is 41.1 Å². The maximum absolute atomic E-state index is 13.5. The van der Waals surface area contributed by atoms with Crippen LogP contribution in [0.25, 0.3) is 0 Å². The molecule has 0 unspecified atom stereocenters. The predicted molar refractivity (Wildman–Crippen MR) is 162 cm³/mol. The van der Waals surface area contributed by atoms with E-state index in [4.69, 9.17) is 0 Å². The molecule has 3 heterocycles. The van der Waals surface area contributed by atoms with E-state index in [9.17, 15) is 18.0 Å². The number of carbonyl (C=O) groups is 1. The summed E-state index contributed by atoms with van der Waals surface area (Å²) in [6.45, 7) is 6.26. The fourth-order valence-corrected chi connectivity index (χ4v) is 5.59. The first kappa shape index (κ1) is 29.6. The van der Waals surface area contributed by atoms with Gasteiger partial charge in [-0.3, -0.25) is 4.79 Å². The number of ether oxygens (including phenoxy) is 1. The standard InChI is InChI=1S/C31H33BrF3N5O2/c1-2-28-29(40-15-13-23(32)20-26(40)4-3-14-36-28)30(41)37-21-22-5-7-24(8-6-22)38-16-18-39(19-17-38)25-9-11-27(12-10-25)42-31(33,34)35/h4-13,15,20,36H,2-3,14,16-19,21H2,1H3,(H,37,41)/b26-4+,29-28-. The largest absolute Gasteiger partial charge is 0.573 e. The molecule has 2 aromatic carbocycles. The van der Waals surface area contributed by atoms with Crippen LogP contribution in [0, 0.1) is 0 Å². The Labute approximate surface area is 252 Å². The maximum atomic E-state index is 13.5. The van der Waals surface area contributed by atoms with Gasteiger partial charge < -0.3 is 30.1 Å². The number of fused-ring (bicyclic) bond motifs is 1. The minimum Gasteiger partial charge on any atom is -0.406 e. The van der Waals surface area contributed by atoms with Crippen LogP contribution < -0.4 is 25.2 Å². The van der Waals surface area contributed by atoms with Gasteiger partial charge in [0.1, 0.15) is 11.4 Å². The van der Waals surface area contributed by atoms with Gasteiger partial charge in [-0.25, -0.2) is 0 Å². The van der Waals surface area contributed by atoms with Crippen molar-refractivity contribution in [3.8, 4) is 5.75 Å². The van der Waals surface area contributed by atoms with Crippen molar-refractivity contribution in [1.29, 1.82) is 0 Å². The molecular formula is C31H33BrF3N5O2. The lowest BCUT2D eigenvalue weighted by Gasteiger charge is -2.37. The van der Waals surface area contributed by atoms with E-state index < -0.39 is 6.36 Å². The van der Waals surface area contributed by atoms with E-state index in [2.05, 4.69) is 59.3 Å². The summed E-state index contributed by atoms with van der Waals surface area (Å²) in [7, 11) is 0. The lowest BCUT2D eigenvalue weighted by molar-refractivity contribution is -0.274. The zero-order valence-corrected chi connectivity index (χ0v) is 24.8. The van der Waals surface area contributed by atoms with Crippen molar-refractivity contribution in [1.82, 2.24) is 15.5 Å². The molecule has 0 spiro atoms. The number of hydrogen-bond acceptors (Lipinski definition) is 6. The molecule has 5 rings (SSSR count). The summed E-state index contributed by atoms with van der Waals surface area (Å²) in [6, 6.07) is 14.2. The van der Waals surface area contributed by atoms with Crippen LogP contribution in [0.5, 0.6) is 5.75 Å². The zero-order valence-electron chi connectivity index (χ0n) is 23.3. The van der Waals surface area contributed by atoms with Crippen molar-refractivity contribution in [3.63, 3.8) is 0 Å². The third kappa shape index (κ3) is 7.31. The predicted octanol–water partition coefficient (Wildman–Crippen LogP) is 6.13. The molecule has 0 atom stereocenters. The first-order valence-electron chi connectivity index (χ1n) is 13.9. The summed E-state index contributed by atoms with van der Waals surface area (Å²) in [5.74, 6) is -0.359. The van der Waals surface area contributed by atoms with Crippen LogP contribution in [0.15, 0.2) is 94.5 Å². The number of piperazine rings is 1. The topological polar surface area (TPSA) is 60.1 Å². The second kappa shape index (κ2) is 13.0. The summed E-state index contributed by atoms with van der Waals surface area (Å²) in [5, 5.41) is 6.52. The molecule has 0 aromatic heterocycles. The maximum Gasteiger partial charge on any atom is 0.573 e. The monoisotopic (exact) mass is 643 g/mol. The van der Waals surface area contributed by atoms with E-state index in [0.717, 1.165) is 72.0 Å². The highest BCUT2D eigenvalue weighted by atomic mass is 79.9. The third-order valence-corrected chi connectivity index (χ3v) is 7.84. The summed E-state index contributed by atoms with van der Waals surface area (Å²) < 4.78 is 42.2. The molecule has 1 amide bonds. The Balaban J connectivity index is 1.16. The number of hydrogen-bond donors (Lipinski definition) is 2. The Morgan fingerprint density at radius 2 is 1.62 bits per heavy atom. The lowest BCUT2D eigenvalue weighted by Crippen LogP contribution is -2.46. The van der Waals surface area contributed by atoms with E-state index in [0.29, 0.717) is 18.7 Å². The number of amides is 1. The molecule has 1 saturated heterocycles. The number of nitrogens with zero attached hydrogens (tertiary/aromatic N) is 3. The highest BCUT2D eigenvalue weighted by molar-refractivity contribution is 9.11. The average molecular weight is 645 g/mol. The van der Waals surface area contributed by atoms with Crippen molar-refractivity contribution in [2.75, 3.05) is 42.5 Å². The van der Waals surface area contributed by atoms with Crippen molar-refractivity contribution in [2.45, 2.75) is 32.7 Å². The molecular weight excluding hydrogens is 611 g/mol. The van der Waals surface area contributed by atoms with Gasteiger partial charge in [-0.05, 0) is 67.0 Å². The third-order valence-electron chi connectivity index (χ3n) is 7.35. The molecule has 42 heavy (non-hydrogen) atoms. The second-order valence-electron chi connectivity index (χ2n) is 10.1. The van der Waals surface area contributed by atoms with Crippen LogP contribution in [0.1, 0.15) is 25.3 Å². The quantitative estimate of drug-likeness (QED) is 0.378. The highest BCUT2D eigenvalue weighted by Gasteiger charge is 2.31. The van der Waals surface area contributed by atoms with Gasteiger partial charge >= 0.3 is 6.36 Å². The zero-order chi connectivity index (χ0) is 29.7. The fourth-order valence-electron chi connectivity index (χ4n) is 5.23. The van der Waals surface area contributed by atoms with Gasteiger partial charge in [0.05, 0.1) is 0 Å². The molecule has 3 aliphatic rings. The lowest BCUT2D eigenvalue weighted by atomic mass is 10.1. The summed E-state index contributed by atoms with van der Waals surface area (Å²) in [4.78, 5) is 19.8. The smallest absolute Gasteiger partial charge is 0.406 e. The van der Waals surface area contributed by atoms with Gasteiger partial charge in [-0.2, -0.15) is 0 Å². The molecule has 2 N–H and O–H groups in total. The van der Waals surface area contributed by atoms with Crippen molar-refractivity contribution < 1.29 is 22.7 Å². The molecule has 222 valence electrons. The van der Waals surface area contributed by atoms with Crippen LogP contribution in [0.3, 0.4) is 0 Å². The molecule has 2 aromatic rings. The number of allylic oxidation sites excluding steroid dienone is 4. The summed E-state index contributed by atoms with van der Waals surface area (Å²) >= 11 is 3.54. The molecule has 0 aliphatic carbocycles. The van der Waals surface area contributed by atoms with Crippen molar-refractivity contribution >= 4 is 33.2 Å². The van der Waals surface area contributed by atoms with Crippen molar-refractivity contribution in [3.05, 3.63) is 100 Å². The van der Waals surface area contributed by atoms with Gasteiger partial charge in [0.2, 0.25) is 0 Å². The van der Waals surface area contributed by atoms with E-state index in [-0.39, 0.29) is 11.7 Å². The number of carbonyl (C=O) groups excluding carboxylic acids is 1. The van der Waals surface area contributed by atoms with Crippen LogP contribution in [0.2, 0.25) is 0 Å². The minimum atomic E-state index is -4.70. The van der Waals surface area contributed by atoms with Crippen LogP contribution >= 0.6 is 15.9 Å². The highest BCUT2D eigenvalue weighted by Crippen LogP contribution is 2.29. The van der Waals surface area contributed by atoms with Gasteiger partial charge in [0.25, 0.3) is 5.91 Å². The average Bonchev–Trinajstić information content (AvgIpc) is 2.97. The van der Waals surface area contributed by atoms with E-state index in [1.54, 1.807) is 12.1 Å².